The highest BCUT2D eigenvalue weighted by molar-refractivity contribution is 6.32. The largest absolute Gasteiger partial charge is 0.450 e. The van der Waals surface area contributed by atoms with Crippen molar-refractivity contribution in [1.82, 2.24) is 0 Å². The van der Waals surface area contributed by atoms with Crippen LogP contribution in [0, 0.1) is 15.9 Å². The summed E-state index contributed by atoms with van der Waals surface area (Å²) in [6.07, 6.45) is 0. The zero-order valence-corrected chi connectivity index (χ0v) is 11.5. The van der Waals surface area contributed by atoms with Crippen LogP contribution in [0.4, 0.5) is 10.1 Å². The van der Waals surface area contributed by atoms with E-state index in [1.807, 2.05) is 0 Å². The minimum Gasteiger partial charge on any atom is -0.450 e. The number of hydrogen-bond acceptors (Lipinski definition) is 3. The van der Waals surface area contributed by atoms with Crippen molar-refractivity contribution in [3.05, 3.63) is 62.9 Å². The molecule has 0 aliphatic rings. The Morgan fingerprint density at radius 1 is 1.25 bits per heavy atom. The van der Waals surface area contributed by atoms with Gasteiger partial charge in [-0.25, -0.2) is 4.39 Å². The average Bonchev–Trinajstić information content (AvgIpc) is 2.38. The number of nitrogens with zero attached hydrogens (tertiary/aromatic N) is 1. The number of ether oxygens (including phenoxy) is 1. The summed E-state index contributed by atoms with van der Waals surface area (Å²) in [5.41, 5.74) is 0.140. The Morgan fingerprint density at radius 3 is 2.65 bits per heavy atom. The number of rotatable bonds is 4. The van der Waals surface area contributed by atoms with E-state index < -0.39 is 10.7 Å². The fraction of sp³-hybridized carbons (Fsp3) is 0.0769. The summed E-state index contributed by atoms with van der Waals surface area (Å²) in [4.78, 5) is 10.2. The summed E-state index contributed by atoms with van der Waals surface area (Å²) in [5.74, 6) is -0.525. The van der Waals surface area contributed by atoms with Gasteiger partial charge in [0.15, 0.2) is 0 Å². The van der Waals surface area contributed by atoms with Crippen LogP contribution in [0.5, 0.6) is 11.5 Å². The Bertz CT molecular complexity index is 664. The number of nitro benzene ring substituents is 1. The summed E-state index contributed by atoms with van der Waals surface area (Å²) in [6.45, 7) is 0. The Morgan fingerprint density at radius 2 is 2.00 bits per heavy atom. The molecule has 2 aromatic rings. The van der Waals surface area contributed by atoms with Crippen molar-refractivity contribution < 1.29 is 14.1 Å². The normalized spacial score (nSPS) is 10.3. The van der Waals surface area contributed by atoms with E-state index in [1.165, 1.54) is 0 Å². The molecule has 2 rings (SSSR count). The highest BCUT2D eigenvalue weighted by Crippen LogP contribution is 2.36. The molecule has 0 radical (unpaired) electrons. The van der Waals surface area contributed by atoms with E-state index >= 15 is 0 Å². The van der Waals surface area contributed by atoms with E-state index in [1.54, 1.807) is 18.2 Å². The van der Waals surface area contributed by atoms with Gasteiger partial charge in [-0.05, 0) is 18.2 Å². The first-order valence-corrected chi connectivity index (χ1v) is 6.39. The Kier molecular flexibility index (Phi) is 4.42. The monoisotopic (exact) mass is 315 g/mol. The van der Waals surface area contributed by atoms with Crippen molar-refractivity contribution in [1.29, 1.82) is 0 Å². The number of hydrogen-bond donors (Lipinski definition) is 0. The second-order valence-corrected chi connectivity index (χ2v) is 4.50. The summed E-state index contributed by atoms with van der Waals surface area (Å²) in [5, 5.41) is 11.3. The molecule has 0 unspecified atom stereocenters. The molecule has 0 amide bonds. The molecule has 0 spiro atoms. The van der Waals surface area contributed by atoms with Crippen LogP contribution in [0.15, 0.2) is 36.4 Å². The fourth-order valence-corrected chi connectivity index (χ4v) is 2.18. The Hall–Kier alpha value is -1.85. The molecule has 0 aliphatic carbocycles. The second-order valence-electron chi connectivity index (χ2n) is 3.82. The fourth-order valence-electron chi connectivity index (χ4n) is 1.60. The van der Waals surface area contributed by atoms with Gasteiger partial charge in [0.2, 0.25) is 5.75 Å². The standard InChI is InChI=1S/C13H8Cl2FNO3/c14-7-9-10(15)2-1-3-12(9)20-13-6-8(16)4-5-11(13)17(18)19/h1-6H,7H2. The van der Waals surface area contributed by atoms with Crippen molar-refractivity contribution >= 4 is 28.9 Å². The number of nitro groups is 1. The second kappa shape index (κ2) is 6.07. The smallest absolute Gasteiger partial charge is 0.311 e. The number of alkyl halides is 1. The molecule has 0 N–H and O–H groups in total. The predicted octanol–water partition coefficient (Wildman–Crippen LogP) is 4.92. The highest BCUT2D eigenvalue weighted by atomic mass is 35.5. The van der Waals surface area contributed by atoms with E-state index in [-0.39, 0.29) is 23.1 Å². The molecule has 2 aromatic carbocycles. The molecule has 4 nitrogen and oxygen atoms in total. The third-order valence-electron chi connectivity index (χ3n) is 2.55. The molecular formula is C13H8Cl2FNO3. The van der Waals surface area contributed by atoms with Gasteiger partial charge < -0.3 is 4.74 Å². The van der Waals surface area contributed by atoms with Gasteiger partial charge in [-0.15, -0.1) is 11.6 Å². The van der Waals surface area contributed by atoms with Crippen LogP contribution in [0.2, 0.25) is 5.02 Å². The van der Waals surface area contributed by atoms with Crippen LogP contribution < -0.4 is 4.74 Å². The van der Waals surface area contributed by atoms with Gasteiger partial charge in [0.1, 0.15) is 11.6 Å². The summed E-state index contributed by atoms with van der Waals surface area (Å²) in [7, 11) is 0. The molecule has 0 saturated heterocycles. The van der Waals surface area contributed by atoms with Gasteiger partial charge in [-0.2, -0.15) is 0 Å². The molecule has 104 valence electrons. The van der Waals surface area contributed by atoms with Crippen molar-refractivity contribution in [2.24, 2.45) is 0 Å². The maximum atomic E-state index is 13.2. The minimum absolute atomic E-state index is 0.0676. The summed E-state index contributed by atoms with van der Waals surface area (Å²) in [6, 6.07) is 7.75. The maximum Gasteiger partial charge on any atom is 0.311 e. The van der Waals surface area contributed by atoms with Gasteiger partial charge in [0, 0.05) is 22.7 Å². The first kappa shape index (κ1) is 14.6. The SMILES string of the molecule is O=[N+]([O-])c1ccc(F)cc1Oc1cccc(Cl)c1CCl. The Balaban J connectivity index is 2.47. The van der Waals surface area contributed by atoms with E-state index in [2.05, 4.69) is 0 Å². The van der Waals surface area contributed by atoms with Gasteiger partial charge in [-0.3, -0.25) is 10.1 Å². The zero-order chi connectivity index (χ0) is 14.7. The van der Waals surface area contributed by atoms with Gasteiger partial charge >= 0.3 is 5.69 Å². The van der Waals surface area contributed by atoms with Crippen LogP contribution in [0.1, 0.15) is 5.56 Å². The van der Waals surface area contributed by atoms with Crippen LogP contribution in [-0.2, 0) is 5.88 Å². The lowest BCUT2D eigenvalue weighted by molar-refractivity contribution is -0.385. The van der Waals surface area contributed by atoms with Crippen molar-refractivity contribution in [2.45, 2.75) is 5.88 Å². The maximum absolute atomic E-state index is 13.2. The first-order chi connectivity index (χ1) is 9.52. The quantitative estimate of drug-likeness (QED) is 0.457. The zero-order valence-electron chi connectivity index (χ0n) is 9.98. The van der Waals surface area contributed by atoms with Gasteiger partial charge in [0.25, 0.3) is 0 Å². The van der Waals surface area contributed by atoms with Gasteiger partial charge in [0.05, 0.1) is 10.8 Å². The minimum atomic E-state index is -0.653. The third-order valence-corrected chi connectivity index (χ3v) is 3.17. The molecule has 0 aromatic heterocycles. The van der Waals surface area contributed by atoms with E-state index in [0.29, 0.717) is 10.6 Å². The molecule has 0 aliphatic heterocycles. The summed E-state index contributed by atoms with van der Waals surface area (Å²) < 4.78 is 18.6. The molecule has 0 heterocycles. The van der Waals surface area contributed by atoms with Crippen LogP contribution in [-0.4, -0.2) is 4.92 Å². The van der Waals surface area contributed by atoms with Crippen molar-refractivity contribution in [2.75, 3.05) is 0 Å². The molecule has 0 atom stereocenters. The topological polar surface area (TPSA) is 52.4 Å². The molecule has 20 heavy (non-hydrogen) atoms. The van der Waals surface area contributed by atoms with Crippen LogP contribution >= 0.6 is 23.2 Å². The number of benzene rings is 2. The first-order valence-electron chi connectivity index (χ1n) is 5.48. The average molecular weight is 316 g/mol. The predicted molar refractivity (Wildman–Crippen MR) is 74.1 cm³/mol. The molecule has 0 bridgehead atoms. The highest BCUT2D eigenvalue weighted by Gasteiger charge is 2.18. The van der Waals surface area contributed by atoms with E-state index in [0.717, 1.165) is 18.2 Å². The number of halogens is 3. The van der Waals surface area contributed by atoms with E-state index in [9.17, 15) is 14.5 Å². The third kappa shape index (κ3) is 3.00. The van der Waals surface area contributed by atoms with Crippen molar-refractivity contribution in [3.8, 4) is 11.5 Å². The molecular weight excluding hydrogens is 308 g/mol. The summed E-state index contributed by atoms with van der Waals surface area (Å²) >= 11 is 11.7. The van der Waals surface area contributed by atoms with Crippen LogP contribution in [0.25, 0.3) is 0 Å². The van der Waals surface area contributed by atoms with Gasteiger partial charge in [-0.1, -0.05) is 17.7 Å². The lowest BCUT2D eigenvalue weighted by Crippen LogP contribution is -1.96. The lowest BCUT2D eigenvalue weighted by atomic mass is 10.2. The van der Waals surface area contributed by atoms with Crippen LogP contribution in [0.3, 0.4) is 0 Å². The Labute approximate surface area is 123 Å². The lowest BCUT2D eigenvalue weighted by Gasteiger charge is -2.11. The van der Waals surface area contributed by atoms with E-state index in [4.69, 9.17) is 27.9 Å². The molecule has 0 saturated carbocycles. The molecule has 7 heteroatoms. The molecule has 0 fully saturated rings. The van der Waals surface area contributed by atoms with Crippen molar-refractivity contribution in [3.63, 3.8) is 0 Å².